The van der Waals surface area contributed by atoms with Crippen LogP contribution in [0.3, 0.4) is 0 Å². The van der Waals surface area contributed by atoms with Crippen molar-refractivity contribution in [3.63, 3.8) is 0 Å². The summed E-state index contributed by atoms with van der Waals surface area (Å²) in [7, 11) is -4.64. The first kappa shape index (κ1) is 29.3. The van der Waals surface area contributed by atoms with Gasteiger partial charge in [-0.3, -0.25) is 0 Å². The van der Waals surface area contributed by atoms with E-state index in [-0.39, 0.29) is 162 Å². The van der Waals surface area contributed by atoms with Crippen LogP contribution >= 0.6 is 7.82 Å². The second kappa shape index (κ2) is 15.8. The van der Waals surface area contributed by atoms with Crippen LogP contribution in [0, 0.1) is 0 Å². The quantitative estimate of drug-likeness (QED) is 0.281. The van der Waals surface area contributed by atoms with E-state index < -0.39 is 7.82 Å². The summed E-state index contributed by atoms with van der Waals surface area (Å²) >= 11 is 0. The maximum Gasteiger partial charge on any atom is 1.00 e. The molecule has 0 amide bonds. The third-order valence-electron chi connectivity index (χ3n) is 0. The van der Waals surface area contributed by atoms with Gasteiger partial charge in [0.2, 0.25) is 0 Å². The van der Waals surface area contributed by atoms with Gasteiger partial charge in [-0.25, -0.2) is 4.57 Å². The van der Waals surface area contributed by atoms with Crippen LogP contribution in [0.5, 0.6) is 0 Å². The summed E-state index contributed by atoms with van der Waals surface area (Å²) < 4.78 is 8.88. The van der Waals surface area contributed by atoms with E-state index in [9.17, 15) is 0 Å². The summed E-state index contributed by atoms with van der Waals surface area (Å²) in [5.74, 6) is 0. The summed E-state index contributed by atoms with van der Waals surface area (Å²) in [6.45, 7) is 0. The molecule has 0 aromatic heterocycles. The minimum absolute atomic E-state index is 0. The molecule has 0 atom stereocenters. The molecule has 0 rings (SSSR count). The Kier molecular flexibility index (Phi) is 51.5. The maximum atomic E-state index is 8.88. The Hall–Kier alpha value is 5.38. The molecular formula is H3K2Na2O4P+4. The first-order valence-corrected chi connectivity index (χ1v) is 2.35. The van der Waals surface area contributed by atoms with Gasteiger partial charge in [-0.1, -0.05) is 0 Å². The molecule has 0 unspecified atom stereocenters. The Morgan fingerprint density at radius 2 is 0.889 bits per heavy atom. The van der Waals surface area contributed by atoms with Crippen molar-refractivity contribution in [2.45, 2.75) is 0 Å². The van der Waals surface area contributed by atoms with E-state index in [0.717, 1.165) is 0 Å². The zero-order valence-corrected chi connectivity index (χ0v) is 17.3. The van der Waals surface area contributed by atoms with E-state index in [1.807, 2.05) is 0 Å². The fourth-order valence-electron chi connectivity index (χ4n) is 0. The van der Waals surface area contributed by atoms with Crippen molar-refractivity contribution in [2.75, 3.05) is 0 Å². The molecule has 0 spiro atoms. The minimum Gasteiger partial charge on any atom is -0.303 e. The standard InChI is InChI=1S/2K.2Na.H3O4P/c;;;;1-5(2,3)4/h;;;;(H3,1,2,3,4)/q4*+1;. The van der Waals surface area contributed by atoms with Crippen molar-refractivity contribution in [2.24, 2.45) is 0 Å². The Morgan fingerprint density at radius 3 is 0.889 bits per heavy atom. The van der Waals surface area contributed by atoms with E-state index in [0.29, 0.717) is 0 Å². The molecule has 0 saturated carbocycles. The van der Waals surface area contributed by atoms with Crippen LogP contribution in [0.25, 0.3) is 0 Å². The third-order valence-corrected chi connectivity index (χ3v) is 0. The summed E-state index contributed by atoms with van der Waals surface area (Å²) in [5.41, 5.74) is 0. The summed E-state index contributed by atoms with van der Waals surface area (Å²) in [6, 6.07) is 0. The van der Waals surface area contributed by atoms with Crippen LogP contribution in [-0.2, 0) is 4.57 Å². The predicted molar refractivity (Wildman–Crippen MR) is 14.3 cm³/mol. The van der Waals surface area contributed by atoms with Gasteiger partial charge in [0.1, 0.15) is 0 Å². The largest absolute Gasteiger partial charge is 1.00 e. The van der Waals surface area contributed by atoms with Gasteiger partial charge in [-0.05, 0) is 0 Å². The fourth-order valence-corrected chi connectivity index (χ4v) is 0. The number of phosphoric acid groups is 1. The molecule has 0 saturated heterocycles. The molecule has 0 aliphatic heterocycles. The van der Waals surface area contributed by atoms with Crippen LogP contribution in [0.15, 0.2) is 0 Å². The molecule has 0 fully saturated rings. The van der Waals surface area contributed by atoms with Gasteiger partial charge < -0.3 is 14.7 Å². The van der Waals surface area contributed by atoms with Crippen LogP contribution in [-0.4, -0.2) is 14.7 Å². The molecule has 0 aliphatic carbocycles. The smallest absolute Gasteiger partial charge is 0.303 e. The first-order valence-electron chi connectivity index (χ1n) is 0.783. The number of hydrogen-bond donors (Lipinski definition) is 3. The minimum atomic E-state index is -4.64. The number of rotatable bonds is 0. The van der Waals surface area contributed by atoms with Gasteiger partial charge in [0, 0.05) is 0 Å². The second-order valence-electron chi connectivity index (χ2n) is 0.513. The molecule has 0 radical (unpaired) electrons. The van der Waals surface area contributed by atoms with Gasteiger partial charge in [-0.15, -0.1) is 0 Å². The summed E-state index contributed by atoms with van der Waals surface area (Å²) in [6.07, 6.45) is 0. The third kappa shape index (κ3) is 59.8. The molecule has 0 aromatic carbocycles. The molecule has 0 heterocycles. The Morgan fingerprint density at radius 1 is 0.889 bits per heavy atom. The van der Waals surface area contributed by atoms with Gasteiger partial charge in [0.25, 0.3) is 0 Å². The van der Waals surface area contributed by atoms with Gasteiger partial charge in [0.05, 0.1) is 0 Å². The van der Waals surface area contributed by atoms with Crippen LogP contribution in [0.2, 0.25) is 0 Å². The zero-order chi connectivity index (χ0) is 4.50. The molecule has 4 nitrogen and oxygen atoms in total. The first-order chi connectivity index (χ1) is 2.00. The van der Waals surface area contributed by atoms with E-state index in [1.54, 1.807) is 0 Å². The van der Waals surface area contributed by atoms with Crippen molar-refractivity contribution in [1.29, 1.82) is 0 Å². The molecular weight excluding hydrogens is 219 g/mol. The van der Waals surface area contributed by atoms with E-state index in [1.165, 1.54) is 0 Å². The molecule has 9 heteroatoms. The van der Waals surface area contributed by atoms with Gasteiger partial charge in [-0.2, -0.15) is 0 Å². The molecule has 0 aromatic rings. The SMILES string of the molecule is O=P(O)(O)O.[K+].[K+].[Na+].[Na+]. The number of hydrogen-bond acceptors (Lipinski definition) is 1. The van der Waals surface area contributed by atoms with Crippen LogP contribution in [0.4, 0.5) is 0 Å². The Labute approximate surface area is 183 Å². The van der Waals surface area contributed by atoms with E-state index in [4.69, 9.17) is 19.2 Å². The van der Waals surface area contributed by atoms with Crippen LogP contribution < -0.4 is 162 Å². The average Bonchev–Trinajstić information content (AvgIpc) is 0.722. The molecule has 0 bridgehead atoms. The molecule has 0 aliphatic rings. The Bertz CT molecular complexity index is 62.7. The van der Waals surface area contributed by atoms with E-state index in [2.05, 4.69) is 0 Å². The molecule has 9 heavy (non-hydrogen) atoms. The van der Waals surface area contributed by atoms with Crippen molar-refractivity contribution >= 4 is 7.82 Å². The van der Waals surface area contributed by atoms with Crippen molar-refractivity contribution in [1.82, 2.24) is 0 Å². The van der Waals surface area contributed by atoms with Crippen LogP contribution in [0.1, 0.15) is 0 Å². The predicted octanol–water partition coefficient (Wildman–Crippen LogP) is -12.9. The molecule has 32 valence electrons. The average molecular weight is 222 g/mol. The topological polar surface area (TPSA) is 77.8 Å². The van der Waals surface area contributed by atoms with Crippen molar-refractivity contribution in [3.8, 4) is 0 Å². The molecule has 3 N–H and O–H groups in total. The Balaban J connectivity index is -0.0000000133. The monoisotopic (exact) mass is 222 g/mol. The van der Waals surface area contributed by atoms with Crippen molar-refractivity contribution in [3.05, 3.63) is 0 Å². The second-order valence-corrected chi connectivity index (χ2v) is 1.54. The summed E-state index contributed by atoms with van der Waals surface area (Å²) in [5, 5.41) is 0. The maximum absolute atomic E-state index is 8.88. The fraction of sp³-hybridized carbons (Fsp3) is 0. The van der Waals surface area contributed by atoms with Crippen molar-refractivity contribution < 1.29 is 181 Å². The van der Waals surface area contributed by atoms with E-state index >= 15 is 0 Å². The summed E-state index contributed by atoms with van der Waals surface area (Å²) in [4.78, 5) is 21.6. The zero-order valence-electron chi connectivity index (χ0n) is 6.20. The van der Waals surface area contributed by atoms with Gasteiger partial charge >= 0.3 is 170 Å². The normalized spacial score (nSPS) is 6.56. The van der Waals surface area contributed by atoms with Gasteiger partial charge in [0.15, 0.2) is 0 Å².